The first-order valence-electron chi connectivity index (χ1n) is 5.57. The summed E-state index contributed by atoms with van der Waals surface area (Å²) in [5.41, 5.74) is 0.317. The van der Waals surface area contributed by atoms with E-state index in [-0.39, 0.29) is 11.7 Å². The van der Waals surface area contributed by atoms with Crippen molar-refractivity contribution < 1.29 is 15.0 Å². The topological polar surface area (TPSA) is 81.6 Å². The number of halogens is 1. The molecule has 0 aliphatic rings. The zero-order valence-electron chi connectivity index (χ0n) is 10.3. The van der Waals surface area contributed by atoms with Crippen molar-refractivity contribution in [3.8, 4) is 5.75 Å². The highest BCUT2D eigenvalue weighted by molar-refractivity contribution is 9.10. The number of hydrogen-bond donors (Lipinski definition) is 4. The molecule has 2 atom stereocenters. The van der Waals surface area contributed by atoms with Gasteiger partial charge in [-0.1, -0.05) is 22.9 Å². The zero-order chi connectivity index (χ0) is 13.7. The summed E-state index contributed by atoms with van der Waals surface area (Å²) in [7, 11) is 1.70. The van der Waals surface area contributed by atoms with Crippen molar-refractivity contribution in [2.75, 3.05) is 18.9 Å². The molecule has 1 amide bonds. The molecule has 0 fully saturated rings. The van der Waals surface area contributed by atoms with E-state index in [9.17, 15) is 15.0 Å². The molecule has 0 saturated heterocycles. The van der Waals surface area contributed by atoms with Crippen molar-refractivity contribution in [3.63, 3.8) is 0 Å². The Balaban J connectivity index is 2.72. The van der Waals surface area contributed by atoms with Gasteiger partial charge in [-0.15, -0.1) is 0 Å². The van der Waals surface area contributed by atoms with E-state index >= 15 is 0 Å². The third-order valence-corrected chi connectivity index (χ3v) is 3.11. The number of rotatable bonds is 5. The van der Waals surface area contributed by atoms with Gasteiger partial charge in [0, 0.05) is 11.0 Å². The van der Waals surface area contributed by atoms with E-state index in [1.807, 2.05) is 0 Å². The minimum atomic E-state index is -0.774. The van der Waals surface area contributed by atoms with Gasteiger partial charge in [-0.2, -0.15) is 0 Å². The van der Waals surface area contributed by atoms with Gasteiger partial charge < -0.3 is 20.8 Å². The summed E-state index contributed by atoms with van der Waals surface area (Å²) in [6.45, 7) is 1.96. The van der Waals surface area contributed by atoms with Crippen LogP contribution >= 0.6 is 15.9 Å². The number of carbonyl (C=O) groups excluding carboxylic acids is 1. The van der Waals surface area contributed by atoms with E-state index in [1.54, 1.807) is 26.1 Å². The van der Waals surface area contributed by atoms with Crippen LogP contribution in [0, 0.1) is 5.92 Å². The molecule has 0 heterocycles. The van der Waals surface area contributed by atoms with Gasteiger partial charge in [-0.05, 0) is 25.2 Å². The summed E-state index contributed by atoms with van der Waals surface area (Å²) in [6, 6.07) is 4.75. The quantitative estimate of drug-likeness (QED) is 0.617. The number of amides is 1. The van der Waals surface area contributed by atoms with E-state index in [0.717, 1.165) is 4.47 Å². The lowest BCUT2D eigenvalue weighted by atomic mass is 10.0. The fourth-order valence-corrected chi connectivity index (χ4v) is 1.78. The number of aromatic hydroxyl groups is 1. The smallest absolute Gasteiger partial charge is 0.229 e. The van der Waals surface area contributed by atoms with Gasteiger partial charge in [0.1, 0.15) is 5.75 Å². The fourth-order valence-electron chi connectivity index (χ4n) is 1.42. The minimum absolute atomic E-state index is 0.0122. The summed E-state index contributed by atoms with van der Waals surface area (Å²) < 4.78 is 0.749. The molecule has 6 heteroatoms. The van der Waals surface area contributed by atoms with Crippen LogP contribution in [0.25, 0.3) is 0 Å². The lowest BCUT2D eigenvalue weighted by Gasteiger charge is -2.18. The number of aliphatic hydroxyl groups excluding tert-OH is 1. The highest BCUT2D eigenvalue weighted by atomic mass is 79.9. The molecule has 18 heavy (non-hydrogen) atoms. The number of benzene rings is 1. The minimum Gasteiger partial charge on any atom is -0.506 e. The first-order valence-corrected chi connectivity index (χ1v) is 6.37. The molecule has 2 unspecified atom stereocenters. The van der Waals surface area contributed by atoms with Crippen molar-refractivity contribution in [1.82, 2.24) is 5.32 Å². The average molecular weight is 317 g/mol. The maximum atomic E-state index is 11.9. The third-order valence-electron chi connectivity index (χ3n) is 2.62. The Morgan fingerprint density at radius 1 is 1.50 bits per heavy atom. The zero-order valence-corrected chi connectivity index (χ0v) is 11.9. The molecule has 1 rings (SSSR count). The Bertz CT molecular complexity index is 426. The highest BCUT2D eigenvalue weighted by Gasteiger charge is 2.22. The normalized spacial score (nSPS) is 14.0. The van der Waals surface area contributed by atoms with Crippen LogP contribution in [0.1, 0.15) is 6.92 Å². The van der Waals surface area contributed by atoms with Gasteiger partial charge >= 0.3 is 0 Å². The SMILES string of the molecule is CNCC(O)C(C)C(=O)Nc1cc(Br)ccc1O. The molecule has 0 aromatic heterocycles. The van der Waals surface area contributed by atoms with Crippen LogP contribution in [0.4, 0.5) is 5.69 Å². The molecule has 0 radical (unpaired) electrons. The van der Waals surface area contributed by atoms with Gasteiger partial charge in [0.2, 0.25) is 5.91 Å². The second kappa shape index (κ2) is 6.72. The fraction of sp³-hybridized carbons (Fsp3) is 0.417. The van der Waals surface area contributed by atoms with Gasteiger partial charge in [0.15, 0.2) is 0 Å². The maximum absolute atomic E-state index is 11.9. The summed E-state index contributed by atoms with van der Waals surface area (Å²) in [4.78, 5) is 11.9. The molecule has 0 spiro atoms. The monoisotopic (exact) mass is 316 g/mol. The second-order valence-corrected chi connectivity index (χ2v) is 4.98. The lowest BCUT2D eigenvalue weighted by molar-refractivity contribution is -0.122. The molecule has 0 saturated carbocycles. The molecule has 4 N–H and O–H groups in total. The van der Waals surface area contributed by atoms with E-state index in [4.69, 9.17) is 0 Å². The highest BCUT2D eigenvalue weighted by Crippen LogP contribution is 2.27. The van der Waals surface area contributed by atoms with Crippen LogP contribution in [-0.4, -0.2) is 35.8 Å². The van der Waals surface area contributed by atoms with E-state index in [1.165, 1.54) is 6.07 Å². The van der Waals surface area contributed by atoms with Crippen molar-refractivity contribution in [2.24, 2.45) is 5.92 Å². The largest absolute Gasteiger partial charge is 0.506 e. The first kappa shape index (κ1) is 14.9. The molecular formula is C12H17BrN2O3. The number of phenolic OH excluding ortho intramolecular Hbond substituents is 1. The summed E-state index contributed by atoms with van der Waals surface area (Å²) >= 11 is 3.26. The van der Waals surface area contributed by atoms with Crippen molar-refractivity contribution >= 4 is 27.5 Å². The van der Waals surface area contributed by atoms with Gasteiger partial charge in [0.25, 0.3) is 0 Å². The van der Waals surface area contributed by atoms with E-state index < -0.39 is 12.0 Å². The number of aliphatic hydroxyl groups is 1. The van der Waals surface area contributed by atoms with Gasteiger partial charge in [0.05, 0.1) is 17.7 Å². The van der Waals surface area contributed by atoms with Crippen LogP contribution in [-0.2, 0) is 4.79 Å². The Morgan fingerprint density at radius 3 is 2.78 bits per heavy atom. The van der Waals surface area contributed by atoms with Crippen molar-refractivity contribution in [3.05, 3.63) is 22.7 Å². The number of phenols is 1. The number of nitrogens with one attached hydrogen (secondary N) is 2. The summed E-state index contributed by atoms with van der Waals surface area (Å²) in [5, 5.41) is 24.7. The standard InChI is InChI=1S/C12H17BrN2O3/c1-7(11(17)6-14-2)12(18)15-9-5-8(13)3-4-10(9)16/h3-5,7,11,14,16-17H,6H2,1-2H3,(H,15,18). The number of likely N-dealkylation sites (N-methyl/N-ethyl adjacent to an activating group) is 1. The Kier molecular flexibility index (Phi) is 5.58. The predicted octanol–water partition coefficient (Wildman–Crippen LogP) is 1.31. The second-order valence-electron chi connectivity index (χ2n) is 4.06. The number of carbonyl (C=O) groups is 1. The number of hydrogen-bond acceptors (Lipinski definition) is 4. The molecule has 100 valence electrons. The van der Waals surface area contributed by atoms with E-state index in [0.29, 0.717) is 12.2 Å². The third kappa shape index (κ3) is 3.97. The Morgan fingerprint density at radius 2 is 2.17 bits per heavy atom. The molecule has 0 aliphatic heterocycles. The van der Waals surface area contributed by atoms with Crippen LogP contribution in [0.5, 0.6) is 5.75 Å². The van der Waals surface area contributed by atoms with Crippen LogP contribution in [0.3, 0.4) is 0 Å². The maximum Gasteiger partial charge on any atom is 0.229 e. The van der Waals surface area contributed by atoms with Crippen molar-refractivity contribution in [1.29, 1.82) is 0 Å². The van der Waals surface area contributed by atoms with Crippen LogP contribution in [0.15, 0.2) is 22.7 Å². The molecule has 1 aromatic rings. The summed E-state index contributed by atoms with van der Waals surface area (Å²) in [5.74, 6) is -0.927. The van der Waals surface area contributed by atoms with Gasteiger partial charge in [-0.3, -0.25) is 4.79 Å². The first-order chi connectivity index (χ1) is 8.45. The average Bonchev–Trinajstić information content (AvgIpc) is 2.33. The molecule has 0 aliphatic carbocycles. The van der Waals surface area contributed by atoms with Gasteiger partial charge in [-0.25, -0.2) is 0 Å². The summed E-state index contributed by atoms with van der Waals surface area (Å²) in [6.07, 6.45) is -0.774. The van der Waals surface area contributed by atoms with Crippen molar-refractivity contribution in [2.45, 2.75) is 13.0 Å². The molecule has 5 nitrogen and oxygen atoms in total. The van der Waals surface area contributed by atoms with E-state index in [2.05, 4.69) is 26.6 Å². The number of anilines is 1. The molecule has 0 bridgehead atoms. The molecular weight excluding hydrogens is 300 g/mol. The molecule has 1 aromatic carbocycles. The lowest BCUT2D eigenvalue weighted by Crippen LogP contribution is -2.36. The predicted molar refractivity (Wildman–Crippen MR) is 73.5 cm³/mol. The van der Waals surface area contributed by atoms with Crippen LogP contribution in [0.2, 0.25) is 0 Å². The van der Waals surface area contributed by atoms with Crippen LogP contribution < -0.4 is 10.6 Å². The Labute approximate surface area is 114 Å². The Hall–Kier alpha value is -1.11.